The second-order valence-electron chi connectivity index (χ2n) is 4.52. The number of rotatable bonds is 4. The number of nitrogens with one attached hydrogen (secondary N) is 2. The zero-order valence-corrected chi connectivity index (χ0v) is 10.7. The molecule has 102 valence electrons. The van der Waals surface area contributed by atoms with Crippen molar-refractivity contribution in [3.05, 3.63) is 11.8 Å². The smallest absolute Gasteiger partial charge is 0.321 e. The molecule has 0 radical (unpaired) electrons. The number of aliphatic hydroxyl groups excluding tert-OH is 1. The number of hydrogen-bond acceptors (Lipinski definition) is 4. The number of methoxy groups -OCH3 is 1. The molecule has 3 N–H and O–H groups in total. The lowest BCUT2D eigenvalue weighted by Gasteiger charge is -2.13. The van der Waals surface area contributed by atoms with E-state index in [1.807, 2.05) is 0 Å². The number of aliphatic hydroxyl groups is 1. The fourth-order valence-electron chi connectivity index (χ4n) is 2.03. The van der Waals surface area contributed by atoms with E-state index in [0.29, 0.717) is 5.57 Å². The summed E-state index contributed by atoms with van der Waals surface area (Å²) in [5.74, 6) is -0.229. The van der Waals surface area contributed by atoms with Crippen molar-refractivity contribution in [2.24, 2.45) is 5.92 Å². The van der Waals surface area contributed by atoms with Gasteiger partial charge in [0.1, 0.15) is 0 Å². The van der Waals surface area contributed by atoms with Crippen molar-refractivity contribution < 1.29 is 19.4 Å². The minimum atomic E-state index is -0.507. The quantitative estimate of drug-likeness (QED) is 0.505. The lowest BCUT2D eigenvalue weighted by atomic mass is 10.1. The van der Waals surface area contributed by atoms with E-state index in [4.69, 9.17) is 5.11 Å². The molecule has 0 aromatic rings. The highest BCUT2D eigenvalue weighted by Gasteiger charge is 2.25. The van der Waals surface area contributed by atoms with Crippen LogP contribution in [-0.4, -0.2) is 36.8 Å². The van der Waals surface area contributed by atoms with Gasteiger partial charge >= 0.3 is 6.03 Å². The highest BCUT2D eigenvalue weighted by atomic mass is 16.5. The van der Waals surface area contributed by atoms with E-state index in [1.54, 1.807) is 6.92 Å². The number of carbonyl (C=O) groups excluding carboxylic acids is 2. The third-order valence-electron chi connectivity index (χ3n) is 3.01. The van der Waals surface area contributed by atoms with E-state index in [9.17, 15) is 9.59 Å². The van der Waals surface area contributed by atoms with Crippen LogP contribution in [-0.2, 0) is 9.53 Å². The molecular formula is C12H20N2O4. The minimum absolute atomic E-state index is 0.0293. The van der Waals surface area contributed by atoms with Gasteiger partial charge < -0.3 is 15.2 Å². The van der Waals surface area contributed by atoms with Gasteiger partial charge in [0.05, 0.1) is 13.4 Å². The molecule has 0 aromatic carbocycles. The average Bonchev–Trinajstić information content (AvgIpc) is 2.76. The summed E-state index contributed by atoms with van der Waals surface area (Å²) >= 11 is 0. The van der Waals surface area contributed by atoms with Crippen LogP contribution in [0.3, 0.4) is 0 Å². The van der Waals surface area contributed by atoms with Gasteiger partial charge in [-0.3, -0.25) is 10.1 Å². The molecule has 6 heteroatoms. The number of ether oxygens (including phenoxy) is 1. The van der Waals surface area contributed by atoms with Crippen molar-refractivity contribution in [2.75, 3.05) is 13.7 Å². The summed E-state index contributed by atoms with van der Waals surface area (Å²) in [4.78, 5) is 23.0. The predicted molar refractivity (Wildman–Crippen MR) is 65.7 cm³/mol. The van der Waals surface area contributed by atoms with Crippen LogP contribution >= 0.6 is 0 Å². The Bertz CT molecular complexity index is 341. The van der Waals surface area contributed by atoms with Gasteiger partial charge in [0.15, 0.2) is 0 Å². The molecule has 0 heterocycles. The first-order valence-electron chi connectivity index (χ1n) is 5.99. The molecule has 0 saturated heterocycles. The minimum Gasteiger partial charge on any atom is -0.504 e. The monoisotopic (exact) mass is 256 g/mol. The van der Waals surface area contributed by atoms with Crippen LogP contribution < -0.4 is 10.6 Å². The highest BCUT2D eigenvalue weighted by Crippen LogP contribution is 2.24. The Morgan fingerprint density at radius 1 is 1.44 bits per heavy atom. The molecule has 3 amide bonds. The Morgan fingerprint density at radius 3 is 2.72 bits per heavy atom. The maximum absolute atomic E-state index is 11.5. The second kappa shape index (κ2) is 7.00. The SMILES string of the molecule is COC=C(C)C(=O)NC(=O)NC1CCC(CO)C1. The van der Waals surface area contributed by atoms with Crippen molar-refractivity contribution in [3.8, 4) is 0 Å². The average molecular weight is 256 g/mol. The lowest BCUT2D eigenvalue weighted by molar-refractivity contribution is -0.116. The number of carbonyl (C=O) groups is 2. The number of hydrogen-bond donors (Lipinski definition) is 3. The molecule has 0 aliphatic heterocycles. The first-order valence-corrected chi connectivity index (χ1v) is 5.99. The van der Waals surface area contributed by atoms with Crippen LogP contribution in [0.15, 0.2) is 11.8 Å². The molecule has 2 atom stereocenters. The van der Waals surface area contributed by atoms with Gasteiger partial charge in [0.25, 0.3) is 5.91 Å². The molecular weight excluding hydrogens is 236 g/mol. The van der Waals surface area contributed by atoms with E-state index in [1.165, 1.54) is 13.4 Å². The standard InChI is InChI=1S/C12H20N2O4/c1-8(7-18-2)11(16)14-12(17)13-10-4-3-9(5-10)6-15/h7,9-10,15H,3-6H2,1-2H3,(H2,13,14,16,17). The van der Waals surface area contributed by atoms with Crippen molar-refractivity contribution in [2.45, 2.75) is 32.2 Å². The fraction of sp³-hybridized carbons (Fsp3) is 0.667. The third-order valence-corrected chi connectivity index (χ3v) is 3.01. The molecule has 18 heavy (non-hydrogen) atoms. The van der Waals surface area contributed by atoms with Gasteiger partial charge in [-0.2, -0.15) is 0 Å². The lowest BCUT2D eigenvalue weighted by Crippen LogP contribution is -2.44. The first kappa shape index (κ1) is 14.5. The second-order valence-corrected chi connectivity index (χ2v) is 4.52. The summed E-state index contributed by atoms with van der Waals surface area (Å²) in [5, 5.41) is 13.9. The summed E-state index contributed by atoms with van der Waals surface area (Å²) in [5.41, 5.74) is 0.326. The van der Waals surface area contributed by atoms with Crippen molar-refractivity contribution in [1.82, 2.24) is 10.6 Å². The van der Waals surface area contributed by atoms with Crippen molar-refractivity contribution in [1.29, 1.82) is 0 Å². The van der Waals surface area contributed by atoms with E-state index in [2.05, 4.69) is 15.4 Å². The molecule has 0 bridgehead atoms. The summed E-state index contributed by atoms with van der Waals surface area (Å²) in [6, 6.07) is -0.478. The van der Waals surface area contributed by atoms with E-state index >= 15 is 0 Å². The largest absolute Gasteiger partial charge is 0.504 e. The fourth-order valence-corrected chi connectivity index (χ4v) is 2.03. The Morgan fingerprint density at radius 2 is 2.17 bits per heavy atom. The van der Waals surface area contributed by atoms with Crippen LogP contribution in [0.25, 0.3) is 0 Å². The predicted octanol–water partition coefficient (Wildman–Crippen LogP) is 0.523. The summed E-state index contributed by atoms with van der Waals surface area (Å²) in [7, 11) is 1.43. The zero-order valence-electron chi connectivity index (χ0n) is 10.7. The Hall–Kier alpha value is -1.56. The van der Waals surface area contributed by atoms with E-state index in [0.717, 1.165) is 19.3 Å². The molecule has 2 unspecified atom stereocenters. The van der Waals surface area contributed by atoms with E-state index < -0.39 is 11.9 Å². The Labute approximate surface area is 106 Å². The zero-order chi connectivity index (χ0) is 13.5. The normalized spacial score (nSPS) is 23.6. The van der Waals surface area contributed by atoms with Crippen molar-refractivity contribution >= 4 is 11.9 Å². The molecule has 1 saturated carbocycles. The van der Waals surface area contributed by atoms with Gasteiger partial charge in [-0.25, -0.2) is 4.79 Å². The van der Waals surface area contributed by atoms with Crippen LogP contribution in [0.2, 0.25) is 0 Å². The molecule has 6 nitrogen and oxygen atoms in total. The highest BCUT2D eigenvalue weighted by molar-refractivity contribution is 6.03. The molecule has 0 aromatic heterocycles. The van der Waals surface area contributed by atoms with E-state index in [-0.39, 0.29) is 18.6 Å². The van der Waals surface area contributed by atoms with Gasteiger partial charge in [0, 0.05) is 18.2 Å². The first-order chi connectivity index (χ1) is 8.56. The molecule has 1 aliphatic carbocycles. The Kier molecular flexibility index (Phi) is 5.64. The maximum atomic E-state index is 11.5. The number of imide groups is 1. The molecule has 1 fully saturated rings. The summed E-state index contributed by atoms with van der Waals surface area (Å²) in [6.07, 6.45) is 3.77. The van der Waals surface area contributed by atoms with Crippen molar-refractivity contribution in [3.63, 3.8) is 0 Å². The Balaban J connectivity index is 2.34. The van der Waals surface area contributed by atoms with Gasteiger partial charge in [-0.15, -0.1) is 0 Å². The van der Waals surface area contributed by atoms with Crippen LogP contribution in [0.5, 0.6) is 0 Å². The molecule has 0 spiro atoms. The number of amides is 3. The molecule has 1 aliphatic rings. The van der Waals surface area contributed by atoms with Gasteiger partial charge in [-0.05, 0) is 32.1 Å². The molecule has 1 rings (SSSR count). The topological polar surface area (TPSA) is 87.7 Å². The summed E-state index contributed by atoms with van der Waals surface area (Å²) in [6.45, 7) is 1.71. The van der Waals surface area contributed by atoms with Crippen LogP contribution in [0, 0.1) is 5.92 Å². The maximum Gasteiger partial charge on any atom is 0.321 e. The summed E-state index contributed by atoms with van der Waals surface area (Å²) < 4.78 is 4.69. The number of urea groups is 1. The van der Waals surface area contributed by atoms with Crippen LogP contribution in [0.1, 0.15) is 26.2 Å². The third kappa shape index (κ3) is 4.37. The van der Waals surface area contributed by atoms with Gasteiger partial charge in [-0.1, -0.05) is 0 Å². The van der Waals surface area contributed by atoms with Crippen LogP contribution in [0.4, 0.5) is 4.79 Å². The van der Waals surface area contributed by atoms with Gasteiger partial charge in [0.2, 0.25) is 0 Å².